The fourth-order valence-corrected chi connectivity index (χ4v) is 2.23. The van der Waals surface area contributed by atoms with E-state index in [1.807, 2.05) is 30.0 Å². The van der Waals surface area contributed by atoms with Crippen LogP contribution < -0.4 is 5.32 Å². The molecular weight excluding hydrogens is 170 g/mol. The van der Waals surface area contributed by atoms with Gasteiger partial charge in [-0.2, -0.15) is 0 Å². The molecule has 64 valence electrons. The minimum atomic E-state index is 0.133. The van der Waals surface area contributed by atoms with Crippen molar-refractivity contribution >= 4 is 17.4 Å². The number of thioether (sulfide) groups is 1. The van der Waals surface area contributed by atoms with Crippen LogP contribution in [0.5, 0.6) is 0 Å². The maximum absolute atomic E-state index is 8.91. The van der Waals surface area contributed by atoms with Crippen LogP contribution in [0.25, 0.3) is 0 Å². The van der Waals surface area contributed by atoms with E-state index < -0.39 is 0 Å². The number of aliphatic hydroxyl groups is 1. The third kappa shape index (κ3) is 1.42. The highest BCUT2D eigenvalue weighted by Crippen LogP contribution is 2.31. The Balaban J connectivity index is 2.36. The number of hydrogen-bond acceptors (Lipinski definition) is 3. The molecule has 2 N–H and O–H groups in total. The third-order valence-electron chi connectivity index (χ3n) is 1.90. The van der Waals surface area contributed by atoms with E-state index >= 15 is 0 Å². The lowest BCUT2D eigenvalue weighted by molar-refractivity contribution is 0.281. The number of rotatable bonds is 1. The maximum Gasteiger partial charge on any atom is 0.0682 e. The second-order valence-electron chi connectivity index (χ2n) is 2.76. The molecule has 0 saturated carbocycles. The van der Waals surface area contributed by atoms with Crippen LogP contribution in [-0.4, -0.2) is 17.4 Å². The molecule has 1 aliphatic heterocycles. The fraction of sp³-hybridized carbons (Fsp3) is 0.333. The van der Waals surface area contributed by atoms with E-state index in [0.717, 1.165) is 17.9 Å². The summed E-state index contributed by atoms with van der Waals surface area (Å²) in [6, 6.07) is 6.04. The molecule has 0 bridgehead atoms. The first-order valence-corrected chi connectivity index (χ1v) is 4.99. The number of aliphatic hydroxyl groups excluding tert-OH is 1. The molecular formula is C9H11NOS. The van der Waals surface area contributed by atoms with Crippen molar-refractivity contribution in [1.29, 1.82) is 0 Å². The van der Waals surface area contributed by atoms with Crippen LogP contribution in [-0.2, 0) is 6.61 Å². The lowest BCUT2D eigenvalue weighted by atomic mass is 10.2. The Labute approximate surface area is 76.0 Å². The first-order valence-electron chi connectivity index (χ1n) is 4.00. The average molecular weight is 181 g/mol. The summed E-state index contributed by atoms with van der Waals surface area (Å²) < 4.78 is 0. The van der Waals surface area contributed by atoms with Crippen molar-refractivity contribution < 1.29 is 5.11 Å². The molecule has 0 fully saturated rings. The normalized spacial score (nSPS) is 15.1. The fourth-order valence-electron chi connectivity index (χ4n) is 1.28. The van der Waals surface area contributed by atoms with Crippen LogP contribution >= 0.6 is 11.8 Å². The molecule has 0 spiro atoms. The van der Waals surface area contributed by atoms with Crippen LogP contribution in [0.2, 0.25) is 0 Å². The third-order valence-corrected chi connectivity index (χ3v) is 2.96. The number of nitrogens with one attached hydrogen (secondary N) is 1. The molecule has 1 aromatic rings. The monoisotopic (exact) mass is 181 g/mol. The Morgan fingerprint density at radius 1 is 1.50 bits per heavy atom. The smallest absolute Gasteiger partial charge is 0.0682 e. The predicted molar refractivity (Wildman–Crippen MR) is 51.6 cm³/mol. The van der Waals surface area contributed by atoms with Gasteiger partial charge < -0.3 is 10.4 Å². The minimum absolute atomic E-state index is 0.133. The predicted octanol–water partition coefficient (Wildman–Crippen LogP) is 1.70. The van der Waals surface area contributed by atoms with Gasteiger partial charge in [-0.3, -0.25) is 0 Å². The summed E-state index contributed by atoms with van der Waals surface area (Å²) in [5, 5.41) is 12.2. The van der Waals surface area contributed by atoms with E-state index in [1.165, 1.54) is 10.6 Å². The summed E-state index contributed by atoms with van der Waals surface area (Å²) in [4.78, 5) is 1.26. The molecule has 3 heteroatoms. The Morgan fingerprint density at radius 2 is 2.42 bits per heavy atom. The standard InChI is InChI=1S/C9H11NOS/c11-6-7-1-2-8-9(5-7)12-4-3-10-8/h1-2,5,10-11H,3-4,6H2. The highest BCUT2D eigenvalue weighted by molar-refractivity contribution is 7.99. The van der Waals surface area contributed by atoms with Gasteiger partial charge in [0.2, 0.25) is 0 Å². The van der Waals surface area contributed by atoms with Gasteiger partial charge in [0.15, 0.2) is 0 Å². The summed E-state index contributed by atoms with van der Waals surface area (Å²) in [5.41, 5.74) is 2.19. The molecule has 0 saturated heterocycles. The van der Waals surface area contributed by atoms with Gasteiger partial charge in [0.05, 0.1) is 6.61 Å². The Kier molecular flexibility index (Phi) is 2.23. The first kappa shape index (κ1) is 7.95. The van der Waals surface area contributed by atoms with E-state index in [-0.39, 0.29) is 6.61 Å². The molecule has 1 aliphatic rings. The molecule has 0 aliphatic carbocycles. The number of benzene rings is 1. The SMILES string of the molecule is OCc1ccc2c(c1)SCCN2. The Bertz CT molecular complexity index is 288. The zero-order chi connectivity index (χ0) is 8.39. The minimum Gasteiger partial charge on any atom is -0.392 e. The van der Waals surface area contributed by atoms with Gasteiger partial charge in [-0.05, 0) is 17.7 Å². The summed E-state index contributed by atoms with van der Waals surface area (Å²) in [7, 11) is 0. The van der Waals surface area contributed by atoms with Crippen LogP contribution in [0.1, 0.15) is 5.56 Å². The molecule has 0 unspecified atom stereocenters. The highest BCUT2D eigenvalue weighted by atomic mass is 32.2. The largest absolute Gasteiger partial charge is 0.392 e. The van der Waals surface area contributed by atoms with Crippen molar-refractivity contribution in [3.8, 4) is 0 Å². The molecule has 2 rings (SSSR count). The summed E-state index contributed by atoms with van der Waals surface area (Å²) in [6.45, 7) is 1.17. The van der Waals surface area contributed by atoms with Gasteiger partial charge >= 0.3 is 0 Å². The van der Waals surface area contributed by atoms with Crippen molar-refractivity contribution in [2.75, 3.05) is 17.6 Å². The average Bonchev–Trinajstić information content (AvgIpc) is 2.17. The van der Waals surface area contributed by atoms with Crippen molar-refractivity contribution in [1.82, 2.24) is 0 Å². The van der Waals surface area contributed by atoms with Crippen LogP contribution in [0.15, 0.2) is 23.1 Å². The van der Waals surface area contributed by atoms with Crippen molar-refractivity contribution in [2.45, 2.75) is 11.5 Å². The van der Waals surface area contributed by atoms with Crippen molar-refractivity contribution in [3.63, 3.8) is 0 Å². The van der Waals surface area contributed by atoms with Gasteiger partial charge in [0, 0.05) is 22.9 Å². The molecule has 0 amide bonds. The molecule has 0 atom stereocenters. The highest BCUT2D eigenvalue weighted by Gasteiger charge is 2.08. The van der Waals surface area contributed by atoms with Crippen LogP contribution in [0, 0.1) is 0 Å². The summed E-state index contributed by atoms with van der Waals surface area (Å²) >= 11 is 1.84. The zero-order valence-corrected chi connectivity index (χ0v) is 7.53. The number of anilines is 1. The molecule has 0 radical (unpaired) electrons. The topological polar surface area (TPSA) is 32.3 Å². The molecule has 1 aromatic carbocycles. The molecule has 12 heavy (non-hydrogen) atoms. The van der Waals surface area contributed by atoms with Gasteiger partial charge in [0.1, 0.15) is 0 Å². The number of fused-ring (bicyclic) bond motifs is 1. The van der Waals surface area contributed by atoms with E-state index in [4.69, 9.17) is 5.11 Å². The van der Waals surface area contributed by atoms with Gasteiger partial charge in [0.25, 0.3) is 0 Å². The van der Waals surface area contributed by atoms with Crippen molar-refractivity contribution in [3.05, 3.63) is 23.8 Å². The van der Waals surface area contributed by atoms with Gasteiger partial charge in [-0.15, -0.1) is 11.8 Å². The zero-order valence-electron chi connectivity index (χ0n) is 6.71. The molecule has 2 nitrogen and oxygen atoms in total. The Morgan fingerprint density at radius 3 is 3.25 bits per heavy atom. The van der Waals surface area contributed by atoms with E-state index in [2.05, 4.69) is 5.32 Å². The van der Waals surface area contributed by atoms with Gasteiger partial charge in [-0.1, -0.05) is 6.07 Å². The Hall–Kier alpha value is -0.670. The maximum atomic E-state index is 8.91. The van der Waals surface area contributed by atoms with E-state index in [9.17, 15) is 0 Å². The van der Waals surface area contributed by atoms with Crippen LogP contribution in [0.4, 0.5) is 5.69 Å². The quantitative estimate of drug-likeness (QED) is 0.691. The second-order valence-corrected chi connectivity index (χ2v) is 3.90. The summed E-state index contributed by atoms with van der Waals surface area (Å²) in [5.74, 6) is 1.11. The second kappa shape index (κ2) is 3.37. The lowest BCUT2D eigenvalue weighted by Gasteiger charge is -2.17. The first-order chi connectivity index (χ1) is 5.90. The van der Waals surface area contributed by atoms with E-state index in [0.29, 0.717) is 0 Å². The van der Waals surface area contributed by atoms with E-state index in [1.54, 1.807) is 0 Å². The van der Waals surface area contributed by atoms with Gasteiger partial charge in [-0.25, -0.2) is 0 Å². The number of hydrogen-bond donors (Lipinski definition) is 2. The molecule has 1 heterocycles. The summed E-state index contributed by atoms with van der Waals surface area (Å²) in [6.07, 6.45) is 0. The van der Waals surface area contributed by atoms with Crippen molar-refractivity contribution in [2.24, 2.45) is 0 Å². The van der Waals surface area contributed by atoms with Crippen LogP contribution in [0.3, 0.4) is 0 Å². The lowest BCUT2D eigenvalue weighted by Crippen LogP contribution is -2.10. The molecule has 0 aromatic heterocycles.